The summed E-state index contributed by atoms with van der Waals surface area (Å²) >= 11 is 0. The van der Waals surface area contributed by atoms with E-state index in [1.807, 2.05) is 36.5 Å². The van der Waals surface area contributed by atoms with Gasteiger partial charge in [0.25, 0.3) is 0 Å². The van der Waals surface area contributed by atoms with E-state index in [1.54, 1.807) is 19.2 Å². The first-order valence-corrected chi connectivity index (χ1v) is 12.9. The number of aryl methyl sites for hydroxylation is 1. The lowest BCUT2D eigenvalue weighted by Gasteiger charge is -2.18. The first-order chi connectivity index (χ1) is 18.2. The Morgan fingerprint density at radius 1 is 1.05 bits per heavy atom. The number of anilines is 1. The molecule has 1 atom stereocenters. The first kappa shape index (κ1) is 25.0. The summed E-state index contributed by atoms with van der Waals surface area (Å²) in [7, 11) is 1.67. The third-order valence-electron chi connectivity index (χ3n) is 6.78. The highest BCUT2D eigenvalue weighted by Crippen LogP contribution is 2.40. The van der Waals surface area contributed by atoms with Crippen LogP contribution in [0.25, 0.3) is 22.5 Å². The molecule has 0 spiro atoms. The number of hydrogen-bond acceptors (Lipinski definition) is 5. The van der Waals surface area contributed by atoms with E-state index in [-0.39, 0.29) is 11.9 Å². The fourth-order valence-electron chi connectivity index (χ4n) is 4.82. The van der Waals surface area contributed by atoms with Crippen molar-refractivity contribution in [3.63, 3.8) is 0 Å². The van der Waals surface area contributed by atoms with Crippen LogP contribution < -0.4 is 10.1 Å². The Morgan fingerprint density at radius 3 is 2.62 bits per heavy atom. The third kappa shape index (κ3) is 5.67. The summed E-state index contributed by atoms with van der Waals surface area (Å²) < 4.78 is 27.5. The molecule has 37 heavy (non-hydrogen) atoms. The molecular weight excluding hydrogens is 467 g/mol. The highest BCUT2D eigenvalue weighted by Gasteiger charge is 2.30. The molecule has 7 heteroatoms. The number of fused-ring (bicyclic) bond motifs is 1. The van der Waals surface area contributed by atoms with Gasteiger partial charge in [-0.1, -0.05) is 25.5 Å². The van der Waals surface area contributed by atoms with Crippen molar-refractivity contribution in [2.75, 3.05) is 25.6 Å². The van der Waals surface area contributed by atoms with Crippen LogP contribution in [0.2, 0.25) is 0 Å². The minimum atomic E-state index is -0.256. The van der Waals surface area contributed by atoms with Crippen LogP contribution in [0.15, 0.2) is 66.9 Å². The molecule has 1 aliphatic heterocycles. The summed E-state index contributed by atoms with van der Waals surface area (Å²) in [6, 6.07) is 18.8. The number of imidazole rings is 1. The smallest absolute Gasteiger partial charge is 0.126 e. The van der Waals surface area contributed by atoms with Gasteiger partial charge >= 0.3 is 0 Å². The molecule has 0 aliphatic carbocycles. The maximum Gasteiger partial charge on any atom is 0.126 e. The largest absolute Gasteiger partial charge is 0.497 e. The quantitative estimate of drug-likeness (QED) is 0.233. The van der Waals surface area contributed by atoms with Crippen LogP contribution >= 0.6 is 0 Å². The van der Waals surface area contributed by atoms with Gasteiger partial charge in [-0.15, -0.1) is 0 Å². The molecule has 0 fully saturated rings. The highest BCUT2D eigenvalue weighted by molar-refractivity contribution is 5.80. The maximum atomic E-state index is 13.7. The van der Waals surface area contributed by atoms with Crippen molar-refractivity contribution in [2.45, 2.75) is 45.3 Å². The Hall–Kier alpha value is -3.71. The second kappa shape index (κ2) is 11.6. The van der Waals surface area contributed by atoms with E-state index in [2.05, 4.69) is 27.9 Å². The Kier molecular flexibility index (Phi) is 7.80. The fourth-order valence-corrected chi connectivity index (χ4v) is 4.82. The van der Waals surface area contributed by atoms with Crippen LogP contribution in [0.5, 0.6) is 5.75 Å². The van der Waals surface area contributed by atoms with Crippen molar-refractivity contribution >= 4 is 5.82 Å². The van der Waals surface area contributed by atoms with Crippen LogP contribution in [0.3, 0.4) is 0 Å². The molecule has 1 aliphatic rings. The van der Waals surface area contributed by atoms with Gasteiger partial charge in [0.1, 0.15) is 23.2 Å². The van der Waals surface area contributed by atoms with E-state index in [0.29, 0.717) is 13.2 Å². The lowest BCUT2D eigenvalue weighted by Crippen LogP contribution is -2.13. The van der Waals surface area contributed by atoms with Crippen molar-refractivity contribution in [3.05, 3.63) is 84.1 Å². The number of methoxy groups -OCH3 is 1. The molecule has 0 amide bonds. The number of halogens is 1. The van der Waals surface area contributed by atoms with Crippen LogP contribution in [0.1, 0.15) is 43.6 Å². The number of benzene rings is 2. The average molecular weight is 501 g/mol. The summed E-state index contributed by atoms with van der Waals surface area (Å²) in [6.07, 6.45) is 5.88. The van der Waals surface area contributed by atoms with Gasteiger partial charge in [-0.25, -0.2) is 14.4 Å². The molecule has 6 nitrogen and oxygen atoms in total. The predicted octanol–water partition coefficient (Wildman–Crippen LogP) is 6.68. The zero-order valence-electron chi connectivity index (χ0n) is 21.4. The van der Waals surface area contributed by atoms with Gasteiger partial charge in [-0.3, -0.25) is 0 Å². The van der Waals surface area contributed by atoms with E-state index in [0.717, 1.165) is 77.7 Å². The van der Waals surface area contributed by atoms with Gasteiger partial charge < -0.3 is 19.4 Å². The topological polar surface area (TPSA) is 61.2 Å². The van der Waals surface area contributed by atoms with Gasteiger partial charge in [0.05, 0.1) is 37.8 Å². The predicted molar refractivity (Wildman–Crippen MR) is 144 cm³/mol. The van der Waals surface area contributed by atoms with Crippen molar-refractivity contribution < 1.29 is 13.9 Å². The van der Waals surface area contributed by atoms with Crippen LogP contribution in [0.4, 0.5) is 10.2 Å². The molecule has 0 radical (unpaired) electrons. The number of pyridine rings is 1. The minimum Gasteiger partial charge on any atom is -0.497 e. The Labute approximate surface area is 217 Å². The van der Waals surface area contributed by atoms with Crippen molar-refractivity contribution in [3.8, 4) is 28.3 Å². The second-order valence-electron chi connectivity index (χ2n) is 9.37. The molecule has 3 heterocycles. The van der Waals surface area contributed by atoms with Crippen LogP contribution in [0, 0.1) is 5.82 Å². The number of aromatic nitrogens is 3. The zero-order chi connectivity index (χ0) is 25.6. The lowest BCUT2D eigenvalue weighted by atomic mass is 10.0. The fraction of sp³-hybridized carbons (Fsp3) is 0.333. The Bertz CT molecular complexity index is 1320. The van der Waals surface area contributed by atoms with Gasteiger partial charge in [0, 0.05) is 30.3 Å². The first-order valence-electron chi connectivity index (χ1n) is 12.9. The second-order valence-corrected chi connectivity index (χ2v) is 9.37. The van der Waals surface area contributed by atoms with E-state index in [9.17, 15) is 4.39 Å². The van der Waals surface area contributed by atoms with Crippen LogP contribution in [-0.4, -0.2) is 34.8 Å². The van der Waals surface area contributed by atoms with Crippen molar-refractivity contribution in [1.29, 1.82) is 0 Å². The highest BCUT2D eigenvalue weighted by atomic mass is 19.1. The number of nitrogens with one attached hydrogen (secondary N) is 1. The summed E-state index contributed by atoms with van der Waals surface area (Å²) in [5, 5.41) is 3.43. The Balaban J connectivity index is 1.44. The summed E-state index contributed by atoms with van der Waals surface area (Å²) in [5.74, 6) is 2.45. The van der Waals surface area contributed by atoms with E-state index < -0.39 is 0 Å². The normalized spacial score (nSPS) is 14.5. The van der Waals surface area contributed by atoms with Crippen molar-refractivity contribution in [2.24, 2.45) is 0 Å². The number of rotatable bonds is 11. The monoisotopic (exact) mass is 500 g/mol. The molecule has 192 valence electrons. The Morgan fingerprint density at radius 2 is 1.86 bits per heavy atom. The minimum absolute atomic E-state index is 0.162. The van der Waals surface area contributed by atoms with Crippen LogP contribution in [-0.2, 0) is 17.8 Å². The molecule has 0 saturated carbocycles. The molecule has 2 aromatic carbocycles. The van der Waals surface area contributed by atoms with E-state index in [4.69, 9.17) is 14.5 Å². The number of unbranched alkanes of at least 4 members (excludes halogenated alkanes) is 1. The van der Waals surface area contributed by atoms with Gasteiger partial charge in [0.2, 0.25) is 0 Å². The molecule has 1 N–H and O–H groups in total. The zero-order valence-corrected chi connectivity index (χ0v) is 21.4. The SMILES string of the molecule is CCCCNc1cc(-c2c(-c3ccc(F)cc3)nc3n2[C@@H](COCc2ccc(OC)cc2)CC3)ccn1. The van der Waals surface area contributed by atoms with Gasteiger partial charge in [-0.2, -0.15) is 0 Å². The van der Waals surface area contributed by atoms with Gasteiger partial charge in [-0.05, 0) is 66.9 Å². The van der Waals surface area contributed by atoms with Gasteiger partial charge in [0.15, 0.2) is 0 Å². The molecular formula is C30H33FN4O2. The number of ether oxygens (including phenoxy) is 2. The molecule has 0 bridgehead atoms. The van der Waals surface area contributed by atoms with E-state index in [1.165, 1.54) is 12.1 Å². The average Bonchev–Trinajstić information content (AvgIpc) is 3.50. The summed E-state index contributed by atoms with van der Waals surface area (Å²) in [5.41, 5.74) is 4.93. The maximum absolute atomic E-state index is 13.7. The standard InChI is InChI=1S/C30H33FN4O2/c1-3-4-16-32-27-18-23(15-17-33-27)30-29(22-7-9-24(31)10-8-22)34-28-14-11-25(35(28)30)20-37-19-21-5-12-26(36-2)13-6-21/h5-10,12-13,15,17-18,25H,3-4,11,14,16,19-20H2,1-2H3,(H,32,33)/t25-/m1/s1. The van der Waals surface area contributed by atoms with Crippen molar-refractivity contribution in [1.82, 2.24) is 14.5 Å². The lowest BCUT2D eigenvalue weighted by molar-refractivity contribution is 0.0925. The third-order valence-corrected chi connectivity index (χ3v) is 6.78. The molecule has 0 unspecified atom stereocenters. The summed E-state index contributed by atoms with van der Waals surface area (Å²) in [4.78, 5) is 9.56. The molecule has 2 aromatic heterocycles. The summed E-state index contributed by atoms with van der Waals surface area (Å²) in [6.45, 7) is 4.17. The number of hydrogen-bond donors (Lipinski definition) is 1. The molecule has 5 rings (SSSR count). The molecule has 0 saturated heterocycles. The number of nitrogens with zero attached hydrogens (tertiary/aromatic N) is 3. The van der Waals surface area contributed by atoms with E-state index >= 15 is 0 Å². The molecule has 4 aromatic rings.